The summed E-state index contributed by atoms with van der Waals surface area (Å²) in [5.74, 6) is 1.22. The predicted octanol–water partition coefficient (Wildman–Crippen LogP) is 0.219. The molecule has 0 spiro atoms. The first-order chi connectivity index (χ1) is 9.12. The first-order valence-corrected chi connectivity index (χ1v) is 5.54. The number of hydroxylamine groups is 1. The van der Waals surface area contributed by atoms with Gasteiger partial charge in [-0.2, -0.15) is 5.48 Å². The molecule has 0 aliphatic heterocycles. The Morgan fingerprint density at radius 1 is 1.11 bits per heavy atom. The van der Waals surface area contributed by atoms with E-state index in [4.69, 9.17) is 24.8 Å². The number of carbonyl (C=O) groups excluding carboxylic acids is 1. The van der Waals surface area contributed by atoms with Crippen LogP contribution in [0, 0.1) is 0 Å². The standard InChI is InChI=1S/C12H18N2O5/c1-16-9-5-11(18-3)10(17-2)4-8(9)6-14-19-7-12(13)15/h4-5,14H,6-7H2,1-3H3,(H2,13,15). The fraction of sp³-hybridized carbons (Fsp3) is 0.417. The Morgan fingerprint density at radius 2 is 1.68 bits per heavy atom. The molecule has 1 aromatic rings. The number of carbonyl (C=O) groups is 1. The molecule has 0 aromatic heterocycles. The molecule has 0 fully saturated rings. The van der Waals surface area contributed by atoms with Crippen molar-refractivity contribution in [2.45, 2.75) is 6.54 Å². The van der Waals surface area contributed by atoms with E-state index in [1.807, 2.05) is 0 Å². The highest BCUT2D eigenvalue weighted by atomic mass is 16.6. The van der Waals surface area contributed by atoms with Crippen molar-refractivity contribution in [1.29, 1.82) is 0 Å². The van der Waals surface area contributed by atoms with E-state index >= 15 is 0 Å². The molecule has 1 rings (SSSR count). The van der Waals surface area contributed by atoms with E-state index in [-0.39, 0.29) is 6.61 Å². The number of nitrogens with two attached hydrogens (primary N) is 1. The van der Waals surface area contributed by atoms with Crippen molar-refractivity contribution in [3.05, 3.63) is 17.7 Å². The summed E-state index contributed by atoms with van der Waals surface area (Å²) in [7, 11) is 4.64. The average Bonchev–Trinajstić information content (AvgIpc) is 2.42. The monoisotopic (exact) mass is 270 g/mol. The zero-order chi connectivity index (χ0) is 14.3. The van der Waals surface area contributed by atoms with Gasteiger partial charge in [0.15, 0.2) is 11.5 Å². The van der Waals surface area contributed by atoms with Gasteiger partial charge >= 0.3 is 0 Å². The maximum Gasteiger partial charge on any atom is 0.245 e. The number of methoxy groups -OCH3 is 3. The van der Waals surface area contributed by atoms with E-state index in [1.165, 1.54) is 0 Å². The van der Waals surface area contributed by atoms with Crippen LogP contribution in [0.25, 0.3) is 0 Å². The van der Waals surface area contributed by atoms with E-state index in [0.717, 1.165) is 5.56 Å². The molecule has 1 amide bonds. The lowest BCUT2D eigenvalue weighted by Crippen LogP contribution is -2.24. The summed E-state index contributed by atoms with van der Waals surface area (Å²) in [6, 6.07) is 3.47. The fourth-order valence-corrected chi connectivity index (χ4v) is 1.48. The Kier molecular flexibility index (Phi) is 5.91. The van der Waals surface area contributed by atoms with Gasteiger partial charge in [0.05, 0.1) is 21.3 Å². The van der Waals surface area contributed by atoms with Gasteiger partial charge in [-0.25, -0.2) is 0 Å². The fourth-order valence-electron chi connectivity index (χ4n) is 1.48. The van der Waals surface area contributed by atoms with Crippen molar-refractivity contribution in [3.8, 4) is 17.2 Å². The topological polar surface area (TPSA) is 92.0 Å². The molecule has 0 aliphatic carbocycles. The second-order valence-electron chi connectivity index (χ2n) is 3.60. The molecule has 0 radical (unpaired) electrons. The van der Waals surface area contributed by atoms with Gasteiger partial charge in [0, 0.05) is 18.2 Å². The maximum absolute atomic E-state index is 10.5. The maximum atomic E-state index is 10.5. The minimum absolute atomic E-state index is 0.199. The number of primary amides is 1. The zero-order valence-electron chi connectivity index (χ0n) is 11.2. The van der Waals surface area contributed by atoms with Gasteiger partial charge in [0.25, 0.3) is 0 Å². The highest BCUT2D eigenvalue weighted by molar-refractivity contribution is 5.74. The summed E-state index contributed by atoms with van der Waals surface area (Å²) < 4.78 is 15.6. The first-order valence-electron chi connectivity index (χ1n) is 5.54. The number of benzene rings is 1. The minimum Gasteiger partial charge on any atom is -0.496 e. The molecule has 0 unspecified atom stereocenters. The second-order valence-corrected chi connectivity index (χ2v) is 3.60. The molecule has 3 N–H and O–H groups in total. The number of amides is 1. The van der Waals surface area contributed by atoms with Crippen LogP contribution in [-0.2, 0) is 16.2 Å². The Morgan fingerprint density at radius 3 is 2.21 bits per heavy atom. The van der Waals surface area contributed by atoms with E-state index in [0.29, 0.717) is 23.8 Å². The van der Waals surface area contributed by atoms with Crippen LogP contribution < -0.4 is 25.4 Å². The van der Waals surface area contributed by atoms with Gasteiger partial charge in [-0.15, -0.1) is 0 Å². The molecule has 0 saturated carbocycles. The third-order valence-electron chi connectivity index (χ3n) is 2.37. The van der Waals surface area contributed by atoms with E-state index < -0.39 is 5.91 Å². The lowest BCUT2D eigenvalue weighted by molar-refractivity contribution is -0.125. The highest BCUT2D eigenvalue weighted by Crippen LogP contribution is 2.34. The highest BCUT2D eigenvalue weighted by Gasteiger charge is 2.11. The van der Waals surface area contributed by atoms with Gasteiger partial charge in [-0.1, -0.05) is 0 Å². The third kappa shape index (κ3) is 4.31. The van der Waals surface area contributed by atoms with E-state index in [2.05, 4.69) is 5.48 Å². The normalized spacial score (nSPS) is 10.1. The van der Waals surface area contributed by atoms with Gasteiger partial charge in [0.2, 0.25) is 5.91 Å². The molecule has 0 aliphatic rings. The van der Waals surface area contributed by atoms with Gasteiger partial charge in [0.1, 0.15) is 12.4 Å². The van der Waals surface area contributed by atoms with Crippen LogP contribution in [0.1, 0.15) is 5.56 Å². The van der Waals surface area contributed by atoms with Crippen LogP contribution in [-0.4, -0.2) is 33.8 Å². The summed E-state index contributed by atoms with van der Waals surface area (Å²) in [6.45, 7) is 0.131. The second kappa shape index (κ2) is 7.45. The van der Waals surface area contributed by atoms with E-state index in [9.17, 15) is 4.79 Å². The Balaban J connectivity index is 2.77. The number of hydrogen-bond donors (Lipinski definition) is 2. The zero-order valence-corrected chi connectivity index (χ0v) is 11.2. The Hall–Kier alpha value is -1.99. The number of nitrogens with one attached hydrogen (secondary N) is 1. The summed E-state index contributed by atoms with van der Waals surface area (Å²) in [6.07, 6.45) is 0. The first kappa shape index (κ1) is 15.1. The molecule has 1 aromatic carbocycles. The Bertz CT molecular complexity index is 436. The summed E-state index contributed by atoms with van der Waals surface area (Å²) in [5.41, 5.74) is 8.36. The number of rotatable bonds is 8. The van der Waals surface area contributed by atoms with Crippen molar-refractivity contribution in [2.24, 2.45) is 5.73 Å². The quantitative estimate of drug-likeness (QED) is 0.518. The predicted molar refractivity (Wildman–Crippen MR) is 68.1 cm³/mol. The van der Waals surface area contributed by atoms with Crippen LogP contribution in [0.2, 0.25) is 0 Å². The van der Waals surface area contributed by atoms with Crippen LogP contribution in [0.15, 0.2) is 12.1 Å². The third-order valence-corrected chi connectivity index (χ3v) is 2.37. The molecular weight excluding hydrogens is 252 g/mol. The van der Waals surface area contributed by atoms with Crippen LogP contribution in [0.5, 0.6) is 17.2 Å². The van der Waals surface area contributed by atoms with Gasteiger partial charge < -0.3 is 19.9 Å². The van der Waals surface area contributed by atoms with Crippen molar-refractivity contribution in [3.63, 3.8) is 0 Å². The molecule has 0 atom stereocenters. The minimum atomic E-state index is -0.549. The van der Waals surface area contributed by atoms with Crippen molar-refractivity contribution < 1.29 is 23.8 Å². The van der Waals surface area contributed by atoms with Crippen LogP contribution >= 0.6 is 0 Å². The number of ether oxygens (including phenoxy) is 3. The molecular formula is C12H18N2O5. The Labute approximate surface area is 111 Å². The largest absolute Gasteiger partial charge is 0.496 e. The van der Waals surface area contributed by atoms with Crippen LogP contribution in [0.3, 0.4) is 0 Å². The van der Waals surface area contributed by atoms with Crippen molar-refractivity contribution >= 4 is 5.91 Å². The molecule has 19 heavy (non-hydrogen) atoms. The summed E-state index contributed by atoms with van der Waals surface area (Å²) in [5, 5.41) is 0. The number of hydrogen-bond acceptors (Lipinski definition) is 6. The van der Waals surface area contributed by atoms with Crippen molar-refractivity contribution in [1.82, 2.24) is 5.48 Å². The average molecular weight is 270 g/mol. The molecule has 106 valence electrons. The van der Waals surface area contributed by atoms with Gasteiger partial charge in [-0.05, 0) is 6.07 Å². The van der Waals surface area contributed by atoms with E-state index in [1.54, 1.807) is 33.5 Å². The van der Waals surface area contributed by atoms with Crippen molar-refractivity contribution in [2.75, 3.05) is 27.9 Å². The van der Waals surface area contributed by atoms with Gasteiger partial charge in [-0.3, -0.25) is 9.63 Å². The summed E-state index contributed by atoms with van der Waals surface area (Å²) in [4.78, 5) is 15.4. The van der Waals surface area contributed by atoms with Crippen LogP contribution in [0.4, 0.5) is 0 Å². The molecule has 7 heteroatoms. The SMILES string of the molecule is COc1cc(OC)c(OC)cc1CNOCC(N)=O. The molecule has 0 bridgehead atoms. The summed E-state index contributed by atoms with van der Waals surface area (Å²) >= 11 is 0. The lowest BCUT2D eigenvalue weighted by Gasteiger charge is -2.14. The molecule has 0 heterocycles. The smallest absolute Gasteiger partial charge is 0.245 e. The molecule has 0 saturated heterocycles. The lowest BCUT2D eigenvalue weighted by atomic mass is 10.1. The molecule has 7 nitrogen and oxygen atoms in total.